The molecule has 0 atom stereocenters. The van der Waals surface area contributed by atoms with Gasteiger partial charge in [0.25, 0.3) is 0 Å². The highest BCUT2D eigenvalue weighted by atomic mass is 35.5. The second-order valence-electron chi connectivity index (χ2n) is 3.53. The van der Waals surface area contributed by atoms with Crippen LogP contribution in [0.2, 0.25) is 10.3 Å². The lowest BCUT2D eigenvalue weighted by Crippen LogP contribution is -2.21. The summed E-state index contributed by atoms with van der Waals surface area (Å²) in [6.07, 6.45) is 5.29. The number of pyridine rings is 1. The summed E-state index contributed by atoms with van der Waals surface area (Å²) in [6, 6.07) is 3.43. The van der Waals surface area contributed by atoms with E-state index in [1.807, 2.05) is 13.8 Å². The Bertz CT molecular complexity index is 396. The topological polar surface area (TPSA) is 22.1 Å². The van der Waals surface area contributed by atoms with Crippen molar-refractivity contribution in [3.63, 3.8) is 0 Å². The fourth-order valence-corrected chi connectivity index (χ4v) is 1.25. The van der Waals surface area contributed by atoms with Crippen molar-refractivity contribution in [2.45, 2.75) is 26.1 Å². The summed E-state index contributed by atoms with van der Waals surface area (Å²) in [5.74, 6) is 2.53. The van der Waals surface area contributed by atoms with Crippen molar-refractivity contribution >= 4 is 23.2 Å². The van der Waals surface area contributed by atoms with Crippen LogP contribution in [0.25, 0.3) is 0 Å². The Labute approximate surface area is 99.6 Å². The minimum absolute atomic E-state index is 0.320. The molecule has 4 heteroatoms. The summed E-state index contributed by atoms with van der Waals surface area (Å²) in [4.78, 5) is 3.90. The van der Waals surface area contributed by atoms with E-state index in [1.165, 1.54) is 0 Å². The third-order valence-corrected chi connectivity index (χ3v) is 2.37. The van der Waals surface area contributed by atoms with Crippen molar-refractivity contribution in [3.8, 4) is 12.3 Å². The summed E-state index contributed by atoms with van der Waals surface area (Å²) < 4.78 is 5.48. The number of hydrogen-bond acceptors (Lipinski definition) is 2. The summed E-state index contributed by atoms with van der Waals surface area (Å²) in [6.45, 7) is 3.94. The first kappa shape index (κ1) is 12.3. The molecule has 1 aromatic heterocycles. The molecule has 0 fully saturated rings. The van der Waals surface area contributed by atoms with Gasteiger partial charge in [-0.25, -0.2) is 4.98 Å². The predicted octanol–water partition coefficient (Wildman–Crippen LogP) is 3.32. The number of rotatable bonds is 3. The highest BCUT2D eigenvalue weighted by molar-refractivity contribution is 6.32. The number of hydrogen-bond donors (Lipinski definition) is 0. The third-order valence-electron chi connectivity index (χ3n) is 1.83. The van der Waals surface area contributed by atoms with Gasteiger partial charge in [-0.3, -0.25) is 0 Å². The molecule has 0 spiro atoms. The molecular weight excluding hydrogens is 233 g/mol. The smallest absolute Gasteiger partial charge is 0.136 e. The van der Waals surface area contributed by atoms with Crippen molar-refractivity contribution in [1.29, 1.82) is 0 Å². The second kappa shape index (κ2) is 4.85. The fourth-order valence-electron chi connectivity index (χ4n) is 0.848. The van der Waals surface area contributed by atoms with Gasteiger partial charge in [0.2, 0.25) is 0 Å². The Morgan fingerprint density at radius 3 is 2.67 bits per heavy atom. The molecule has 15 heavy (non-hydrogen) atoms. The molecule has 0 unspecified atom stereocenters. The number of nitrogens with zero attached hydrogens (tertiary/aromatic N) is 1. The number of terminal acetylenes is 1. The molecule has 0 aliphatic rings. The molecule has 0 saturated carbocycles. The summed E-state index contributed by atoms with van der Waals surface area (Å²) in [7, 11) is 0. The zero-order valence-corrected chi connectivity index (χ0v) is 10.1. The molecule has 0 aromatic carbocycles. The lowest BCUT2D eigenvalue weighted by Gasteiger charge is -2.18. The van der Waals surface area contributed by atoms with Crippen LogP contribution in [0, 0.1) is 12.3 Å². The third kappa shape index (κ3) is 3.71. The van der Waals surface area contributed by atoms with Crippen LogP contribution >= 0.6 is 23.2 Å². The van der Waals surface area contributed by atoms with Crippen LogP contribution in [0.15, 0.2) is 12.1 Å². The van der Waals surface area contributed by atoms with Crippen LogP contribution in [0.4, 0.5) is 0 Å². The molecule has 1 aromatic rings. The first-order valence-corrected chi connectivity index (χ1v) is 5.13. The van der Waals surface area contributed by atoms with Gasteiger partial charge in [-0.1, -0.05) is 35.2 Å². The number of ether oxygens (including phenoxy) is 1. The largest absolute Gasteiger partial charge is 0.358 e. The first-order valence-electron chi connectivity index (χ1n) is 4.37. The molecule has 0 aliphatic carbocycles. The molecule has 80 valence electrons. The SMILES string of the molecule is C#CC(C)(C)OCc1ccc(Cl)nc1Cl. The van der Waals surface area contributed by atoms with E-state index < -0.39 is 5.60 Å². The molecular formula is C11H11Cl2NO. The monoisotopic (exact) mass is 243 g/mol. The maximum Gasteiger partial charge on any atom is 0.136 e. The fraction of sp³-hybridized carbons (Fsp3) is 0.364. The van der Waals surface area contributed by atoms with Crippen LogP contribution < -0.4 is 0 Å². The Balaban J connectivity index is 2.71. The van der Waals surface area contributed by atoms with Crippen molar-refractivity contribution in [2.75, 3.05) is 0 Å². The van der Waals surface area contributed by atoms with Gasteiger partial charge in [0, 0.05) is 5.56 Å². The van der Waals surface area contributed by atoms with Crippen LogP contribution in [0.1, 0.15) is 19.4 Å². The highest BCUT2D eigenvalue weighted by Crippen LogP contribution is 2.19. The standard InChI is InChI=1S/C11H11Cl2NO/c1-4-11(2,3)15-7-8-5-6-9(12)14-10(8)13/h1,5-6H,7H2,2-3H3. The Morgan fingerprint density at radius 2 is 2.13 bits per heavy atom. The highest BCUT2D eigenvalue weighted by Gasteiger charge is 2.15. The van der Waals surface area contributed by atoms with Gasteiger partial charge in [0.1, 0.15) is 15.9 Å². The summed E-state index contributed by atoms with van der Waals surface area (Å²) >= 11 is 11.5. The Morgan fingerprint density at radius 1 is 1.47 bits per heavy atom. The van der Waals surface area contributed by atoms with Crippen molar-refractivity contribution in [2.24, 2.45) is 0 Å². The average Bonchev–Trinajstić information content (AvgIpc) is 2.16. The first-order chi connectivity index (χ1) is 6.94. The van der Waals surface area contributed by atoms with Gasteiger partial charge >= 0.3 is 0 Å². The molecule has 0 N–H and O–H groups in total. The second-order valence-corrected chi connectivity index (χ2v) is 4.27. The van der Waals surface area contributed by atoms with E-state index in [2.05, 4.69) is 10.9 Å². The van der Waals surface area contributed by atoms with Crippen molar-refractivity contribution < 1.29 is 4.74 Å². The van der Waals surface area contributed by atoms with Crippen molar-refractivity contribution in [3.05, 3.63) is 28.0 Å². The normalized spacial score (nSPS) is 11.1. The molecule has 1 rings (SSSR count). The van der Waals surface area contributed by atoms with E-state index in [4.69, 9.17) is 34.4 Å². The van der Waals surface area contributed by atoms with Gasteiger partial charge in [-0.15, -0.1) is 6.42 Å². The van der Waals surface area contributed by atoms with E-state index in [1.54, 1.807) is 12.1 Å². The zero-order valence-electron chi connectivity index (χ0n) is 8.55. The minimum Gasteiger partial charge on any atom is -0.358 e. The quantitative estimate of drug-likeness (QED) is 0.601. The maximum atomic E-state index is 5.87. The van der Waals surface area contributed by atoms with E-state index in [0.717, 1.165) is 5.56 Å². The van der Waals surface area contributed by atoms with Crippen LogP contribution in [0.5, 0.6) is 0 Å². The van der Waals surface area contributed by atoms with Crippen molar-refractivity contribution in [1.82, 2.24) is 4.98 Å². The zero-order chi connectivity index (χ0) is 11.5. The lowest BCUT2D eigenvalue weighted by atomic mass is 10.1. The number of aromatic nitrogens is 1. The van der Waals surface area contributed by atoms with Crippen LogP contribution in [0.3, 0.4) is 0 Å². The average molecular weight is 244 g/mol. The summed E-state index contributed by atoms with van der Waals surface area (Å²) in [5, 5.41) is 0.704. The summed E-state index contributed by atoms with van der Waals surface area (Å²) in [5.41, 5.74) is 0.160. The Hall–Kier alpha value is -0.750. The van der Waals surface area contributed by atoms with Gasteiger partial charge in [-0.2, -0.15) is 0 Å². The van der Waals surface area contributed by atoms with Crippen LogP contribution in [-0.2, 0) is 11.3 Å². The predicted molar refractivity (Wildman–Crippen MR) is 62.0 cm³/mol. The van der Waals surface area contributed by atoms with Gasteiger partial charge in [-0.05, 0) is 19.9 Å². The number of halogens is 2. The molecule has 0 saturated heterocycles. The molecule has 0 bridgehead atoms. The molecule has 1 heterocycles. The molecule has 0 aliphatic heterocycles. The maximum absolute atomic E-state index is 5.87. The minimum atomic E-state index is -0.608. The lowest BCUT2D eigenvalue weighted by molar-refractivity contribution is 0.0144. The van der Waals surface area contributed by atoms with Crippen LogP contribution in [-0.4, -0.2) is 10.6 Å². The Kier molecular flexibility index (Phi) is 3.98. The van der Waals surface area contributed by atoms with E-state index >= 15 is 0 Å². The molecule has 0 amide bonds. The van der Waals surface area contributed by atoms with E-state index in [9.17, 15) is 0 Å². The van der Waals surface area contributed by atoms with E-state index in [-0.39, 0.29) is 0 Å². The van der Waals surface area contributed by atoms with Gasteiger partial charge in [0.05, 0.1) is 6.61 Å². The van der Waals surface area contributed by atoms with Gasteiger partial charge < -0.3 is 4.74 Å². The molecule has 2 nitrogen and oxygen atoms in total. The molecule has 0 radical (unpaired) electrons. The van der Waals surface area contributed by atoms with E-state index in [0.29, 0.717) is 16.9 Å². The van der Waals surface area contributed by atoms with Gasteiger partial charge in [0.15, 0.2) is 0 Å².